The van der Waals surface area contributed by atoms with Crippen molar-refractivity contribution < 1.29 is 36.6 Å². The monoisotopic (exact) mass is 571 g/mol. The van der Waals surface area contributed by atoms with E-state index in [1.807, 2.05) is 0 Å². The third kappa shape index (κ3) is 11.4. The smallest absolute Gasteiger partial charge is 0.416 e. The molecule has 9 nitrogen and oxygen atoms in total. The van der Waals surface area contributed by atoms with Gasteiger partial charge in [-0.3, -0.25) is 5.32 Å². The number of carbonyl (C=O) groups excluding carboxylic acids is 2. The van der Waals surface area contributed by atoms with Crippen LogP contribution in [0.4, 0.5) is 33.7 Å². The lowest BCUT2D eigenvalue weighted by Crippen LogP contribution is -2.22. The highest BCUT2D eigenvalue weighted by Gasteiger charge is 2.33. The number of nitrogens with one attached hydrogen (secondary N) is 4. The first kappa shape index (κ1) is 32.8. The Bertz CT molecular complexity index is 1090. The minimum absolute atomic E-state index is 0.0222. The van der Waals surface area contributed by atoms with Crippen LogP contribution in [0.1, 0.15) is 47.2 Å². The molecule has 0 atom stereocenters. The van der Waals surface area contributed by atoms with Crippen LogP contribution in [0.3, 0.4) is 0 Å². The minimum Gasteiger partial charge on any atom is -0.465 e. The zero-order valence-electron chi connectivity index (χ0n) is 22.5. The lowest BCUT2D eigenvalue weighted by molar-refractivity contribution is -0.138. The van der Waals surface area contributed by atoms with E-state index in [-0.39, 0.29) is 22.5 Å². The molecule has 0 aliphatic heterocycles. The number of anilines is 2. The van der Waals surface area contributed by atoms with E-state index in [1.165, 1.54) is 24.3 Å². The Balaban J connectivity index is 1.89. The molecule has 0 aliphatic rings. The maximum atomic E-state index is 14.7. The van der Waals surface area contributed by atoms with Crippen molar-refractivity contribution in [1.29, 1.82) is 0 Å². The van der Waals surface area contributed by atoms with E-state index in [0.717, 1.165) is 58.1 Å². The summed E-state index contributed by atoms with van der Waals surface area (Å²) in [6.07, 6.45) is -2.06. The Labute approximate surface area is 231 Å². The number of hydrogen-bond acceptors (Lipinski definition) is 8. The number of amides is 1. The Morgan fingerprint density at radius 3 is 2.20 bits per heavy atom. The van der Waals surface area contributed by atoms with Crippen molar-refractivity contribution in [2.24, 2.45) is 5.73 Å². The Kier molecular flexibility index (Phi) is 14.2. The quantitative estimate of drug-likeness (QED) is 0.107. The summed E-state index contributed by atoms with van der Waals surface area (Å²) in [5, 5.41) is 11.8. The summed E-state index contributed by atoms with van der Waals surface area (Å²) in [7, 11) is 1.09. The van der Waals surface area contributed by atoms with E-state index in [4.69, 9.17) is 10.5 Å². The fraction of sp³-hybridized carbons (Fsp3) is 0.481. The predicted octanol–water partition coefficient (Wildman–Crippen LogP) is 4.49. The highest BCUT2D eigenvalue weighted by molar-refractivity contribution is 6.00. The van der Waals surface area contributed by atoms with Gasteiger partial charge in [0.15, 0.2) is 0 Å². The molecule has 40 heavy (non-hydrogen) atoms. The van der Waals surface area contributed by atoms with Gasteiger partial charge < -0.3 is 31.2 Å². The summed E-state index contributed by atoms with van der Waals surface area (Å²) in [6.45, 7) is 3.82. The number of unbranched alkanes of at least 4 members (excludes halogenated alkanes) is 1. The van der Waals surface area contributed by atoms with E-state index in [2.05, 4.69) is 26.0 Å². The summed E-state index contributed by atoms with van der Waals surface area (Å²) in [5.74, 6) is -1.66. The van der Waals surface area contributed by atoms with Gasteiger partial charge >= 0.3 is 18.2 Å². The second-order valence-corrected chi connectivity index (χ2v) is 8.85. The van der Waals surface area contributed by atoms with Gasteiger partial charge in [-0.15, -0.1) is 0 Å². The number of benzene rings is 2. The van der Waals surface area contributed by atoms with Crippen LogP contribution >= 0.6 is 0 Å². The van der Waals surface area contributed by atoms with Crippen molar-refractivity contribution in [3.8, 4) is 0 Å². The fourth-order valence-corrected chi connectivity index (χ4v) is 3.72. The second-order valence-electron chi connectivity index (χ2n) is 8.85. The number of alkyl halides is 3. The standard InChI is InChI=1S/C27H37F4N5O4/c1-39-25(37)20-16-22(28)24(35-15-7-14-34-12-5-4-11-33-13-6-10-32)17-23(20)36-26(38)40-18-19-8-2-3-9-21(19)27(29,30)31/h2-3,8-9,16-17,33-35H,4-7,10-15,18,32H2,1H3,(H,36,38). The van der Waals surface area contributed by atoms with Gasteiger partial charge in [0.1, 0.15) is 12.4 Å². The van der Waals surface area contributed by atoms with Crippen molar-refractivity contribution in [2.45, 2.75) is 38.5 Å². The molecule has 0 aromatic heterocycles. The van der Waals surface area contributed by atoms with Gasteiger partial charge in [0.25, 0.3) is 0 Å². The van der Waals surface area contributed by atoms with E-state index >= 15 is 0 Å². The zero-order valence-corrected chi connectivity index (χ0v) is 22.5. The molecule has 0 aliphatic carbocycles. The van der Waals surface area contributed by atoms with E-state index in [9.17, 15) is 27.2 Å². The molecular formula is C27H37F4N5O4. The third-order valence-electron chi connectivity index (χ3n) is 5.79. The summed E-state index contributed by atoms with van der Waals surface area (Å²) in [4.78, 5) is 24.5. The summed E-state index contributed by atoms with van der Waals surface area (Å²) in [5.41, 5.74) is 3.89. The van der Waals surface area contributed by atoms with E-state index in [1.54, 1.807) is 0 Å². The minimum atomic E-state index is -4.62. The number of rotatable bonds is 17. The van der Waals surface area contributed by atoms with Crippen LogP contribution in [0, 0.1) is 5.82 Å². The van der Waals surface area contributed by atoms with E-state index < -0.39 is 36.2 Å². The number of nitrogens with two attached hydrogens (primary N) is 1. The largest absolute Gasteiger partial charge is 0.465 e. The molecule has 0 saturated heterocycles. The van der Waals surface area contributed by atoms with Crippen molar-refractivity contribution in [3.05, 3.63) is 58.9 Å². The molecular weight excluding hydrogens is 534 g/mol. The molecule has 1 amide bonds. The molecule has 2 rings (SSSR count). The molecule has 0 saturated carbocycles. The van der Waals surface area contributed by atoms with Crippen LogP contribution < -0.4 is 27.0 Å². The molecule has 0 radical (unpaired) electrons. The summed E-state index contributed by atoms with van der Waals surface area (Å²) < 4.78 is 63.8. The average molecular weight is 572 g/mol. The number of esters is 1. The van der Waals surface area contributed by atoms with Gasteiger partial charge in [0.05, 0.1) is 29.6 Å². The van der Waals surface area contributed by atoms with Crippen LogP contribution in [0.2, 0.25) is 0 Å². The molecule has 6 N–H and O–H groups in total. The van der Waals surface area contributed by atoms with Crippen LogP contribution in [-0.4, -0.2) is 58.4 Å². The Hall–Kier alpha value is -3.42. The molecule has 0 unspecified atom stereocenters. The highest BCUT2D eigenvalue weighted by Crippen LogP contribution is 2.32. The van der Waals surface area contributed by atoms with Crippen LogP contribution in [0.5, 0.6) is 0 Å². The molecule has 0 bridgehead atoms. The highest BCUT2D eigenvalue weighted by atomic mass is 19.4. The van der Waals surface area contributed by atoms with Gasteiger partial charge in [0, 0.05) is 12.1 Å². The summed E-state index contributed by atoms with van der Waals surface area (Å²) >= 11 is 0. The lowest BCUT2D eigenvalue weighted by atomic mass is 10.1. The van der Waals surface area contributed by atoms with Crippen LogP contribution in [-0.2, 0) is 22.3 Å². The first-order valence-corrected chi connectivity index (χ1v) is 13.0. The van der Waals surface area contributed by atoms with Gasteiger partial charge in [0.2, 0.25) is 0 Å². The topological polar surface area (TPSA) is 127 Å². The number of hydrogen-bond donors (Lipinski definition) is 5. The number of carbonyl (C=O) groups is 2. The van der Waals surface area contributed by atoms with Crippen LogP contribution in [0.25, 0.3) is 0 Å². The normalized spacial score (nSPS) is 11.2. The SMILES string of the molecule is COC(=O)c1cc(F)c(NCCCNCCCCNCCCN)cc1NC(=O)OCc1ccccc1C(F)(F)F. The Morgan fingerprint density at radius 2 is 1.55 bits per heavy atom. The molecule has 13 heteroatoms. The first-order valence-electron chi connectivity index (χ1n) is 13.0. The summed E-state index contributed by atoms with van der Waals surface area (Å²) in [6, 6.07) is 6.79. The average Bonchev–Trinajstić information content (AvgIpc) is 2.93. The van der Waals surface area contributed by atoms with Crippen molar-refractivity contribution >= 4 is 23.4 Å². The van der Waals surface area contributed by atoms with E-state index in [0.29, 0.717) is 26.1 Å². The fourth-order valence-electron chi connectivity index (χ4n) is 3.72. The zero-order chi connectivity index (χ0) is 29.4. The van der Waals surface area contributed by atoms with Crippen LogP contribution in [0.15, 0.2) is 36.4 Å². The second kappa shape index (κ2) is 17.3. The molecule has 0 fully saturated rings. The lowest BCUT2D eigenvalue weighted by Gasteiger charge is -2.15. The number of halogens is 4. The van der Waals surface area contributed by atoms with Crippen molar-refractivity contribution in [1.82, 2.24) is 10.6 Å². The maximum absolute atomic E-state index is 14.7. The number of methoxy groups -OCH3 is 1. The molecule has 222 valence electrons. The molecule has 0 heterocycles. The van der Waals surface area contributed by atoms with Gasteiger partial charge in [-0.25, -0.2) is 14.0 Å². The van der Waals surface area contributed by atoms with Gasteiger partial charge in [-0.1, -0.05) is 18.2 Å². The third-order valence-corrected chi connectivity index (χ3v) is 5.79. The van der Waals surface area contributed by atoms with Gasteiger partial charge in [-0.05, 0) is 76.6 Å². The van der Waals surface area contributed by atoms with Crippen molar-refractivity contribution in [2.75, 3.05) is 57.0 Å². The van der Waals surface area contributed by atoms with Gasteiger partial charge in [-0.2, -0.15) is 13.2 Å². The molecule has 0 spiro atoms. The predicted molar refractivity (Wildman–Crippen MR) is 145 cm³/mol. The maximum Gasteiger partial charge on any atom is 0.416 e. The first-order chi connectivity index (χ1) is 19.2. The molecule has 2 aromatic carbocycles. The molecule has 2 aromatic rings. The van der Waals surface area contributed by atoms with Crippen molar-refractivity contribution in [3.63, 3.8) is 0 Å². The number of ether oxygens (including phenoxy) is 2. The Morgan fingerprint density at radius 1 is 0.900 bits per heavy atom.